The highest BCUT2D eigenvalue weighted by molar-refractivity contribution is 7.89. The SMILES string of the molecule is CCCC[C@H](NS(=O)(=O)c1ccc([N+](=O)[O-])cc1C(F)(F)F)C(=O)O. The molecule has 0 aromatic heterocycles. The highest BCUT2D eigenvalue weighted by Gasteiger charge is 2.39. The largest absolute Gasteiger partial charge is 0.480 e. The molecule has 0 saturated carbocycles. The number of alkyl halides is 3. The van der Waals surface area contributed by atoms with Crippen molar-refractivity contribution in [3.8, 4) is 0 Å². The van der Waals surface area contributed by atoms with Crippen LogP contribution in [0.15, 0.2) is 23.1 Å². The molecule has 0 fully saturated rings. The minimum absolute atomic E-state index is 0.0936. The second-order valence-electron chi connectivity index (χ2n) is 5.09. The Balaban J connectivity index is 3.37. The fourth-order valence-electron chi connectivity index (χ4n) is 1.98. The zero-order valence-corrected chi connectivity index (χ0v) is 13.7. The Bertz CT molecular complexity index is 764. The predicted molar refractivity (Wildman–Crippen MR) is 79.4 cm³/mol. The summed E-state index contributed by atoms with van der Waals surface area (Å²) in [5, 5.41) is 19.6. The van der Waals surface area contributed by atoms with Crippen molar-refractivity contribution in [3.05, 3.63) is 33.9 Å². The van der Waals surface area contributed by atoms with E-state index >= 15 is 0 Å². The van der Waals surface area contributed by atoms with Crippen molar-refractivity contribution in [2.24, 2.45) is 0 Å². The van der Waals surface area contributed by atoms with Crippen LogP contribution in [0.4, 0.5) is 18.9 Å². The molecule has 0 bridgehead atoms. The number of carboxylic acid groups (broad SMARTS) is 1. The molecule has 12 heteroatoms. The summed E-state index contributed by atoms with van der Waals surface area (Å²) in [5.74, 6) is -1.53. The van der Waals surface area contributed by atoms with Crippen molar-refractivity contribution < 1.29 is 36.4 Å². The predicted octanol–water partition coefficient (Wildman–Crippen LogP) is 2.54. The molecule has 0 saturated heterocycles. The van der Waals surface area contributed by atoms with Gasteiger partial charge in [-0.15, -0.1) is 0 Å². The van der Waals surface area contributed by atoms with Gasteiger partial charge in [0, 0.05) is 12.1 Å². The number of nitro benzene ring substituents is 1. The Morgan fingerprint density at radius 2 is 2.00 bits per heavy atom. The van der Waals surface area contributed by atoms with Crippen molar-refractivity contribution in [2.75, 3.05) is 0 Å². The van der Waals surface area contributed by atoms with Gasteiger partial charge >= 0.3 is 12.1 Å². The Labute approximate surface area is 140 Å². The molecule has 0 spiro atoms. The van der Waals surface area contributed by atoms with Gasteiger partial charge in [0.25, 0.3) is 5.69 Å². The van der Waals surface area contributed by atoms with Crippen LogP contribution in [0.5, 0.6) is 0 Å². The number of nitrogens with zero attached hydrogens (tertiary/aromatic N) is 1. The molecule has 0 heterocycles. The Hall–Kier alpha value is -2.21. The van der Waals surface area contributed by atoms with Gasteiger partial charge in [-0.1, -0.05) is 19.8 Å². The number of hydrogen-bond acceptors (Lipinski definition) is 5. The first kappa shape index (κ1) is 20.8. The van der Waals surface area contributed by atoms with Gasteiger partial charge in [-0.3, -0.25) is 14.9 Å². The van der Waals surface area contributed by atoms with Crippen LogP contribution >= 0.6 is 0 Å². The lowest BCUT2D eigenvalue weighted by atomic mass is 10.1. The molecule has 0 unspecified atom stereocenters. The number of aliphatic carboxylic acids is 1. The van der Waals surface area contributed by atoms with E-state index in [-0.39, 0.29) is 12.5 Å². The summed E-state index contributed by atoms with van der Waals surface area (Å²) in [7, 11) is -4.86. The maximum absolute atomic E-state index is 13.1. The van der Waals surface area contributed by atoms with Gasteiger partial charge in [-0.25, -0.2) is 8.42 Å². The summed E-state index contributed by atoms with van der Waals surface area (Å²) in [6, 6.07) is -0.481. The zero-order valence-electron chi connectivity index (χ0n) is 12.9. The van der Waals surface area contributed by atoms with Crippen molar-refractivity contribution >= 4 is 21.7 Å². The molecule has 8 nitrogen and oxygen atoms in total. The molecule has 2 N–H and O–H groups in total. The Morgan fingerprint density at radius 3 is 2.44 bits per heavy atom. The van der Waals surface area contributed by atoms with E-state index in [1.54, 1.807) is 11.6 Å². The fourth-order valence-corrected chi connectivity index (χ4v) is 3.41. The van der Waals surface area contributed by atoms with E-state index in [0.717, 1.165) is 0 Å². The second kappa shape index (κ2) is 7.78. The summed E-state index contributed by atoms with van der Waals surface area (Å²) >= 11 is 0. The van der Waals surface area contributed by atoms with Gasteiger partial charge in [-0.2, -0.15) is 17.9 Å². The number of unbranched alkanes of at least 4 members (excludes halogenated alkanes) is 1. The lowest BCUT2D eigenvalue weighted by molar-refractivity contribution is -0.385. The summed E-state index contributed by atoms with van der Waals surface area (Å²) in [5.41, 5.74) is -2.68. The first-order valence-electron chi connectivity index (χ1n) is 7.01. The van der Waals surface area contributed by atoms with Crippen molar-refractivity contribution in [1.29, 1.82) is 0 Å². The maximum Gasteiger partial charge on any atom is 0.417 e. The number of carbonyl (C=O) groups is 1. The normalized spacial score (nSPS) is 13.4. The van der Waals surface area contributed by atoms with E-state index in [2.05, 4.69) is 0 Å². The van der Waals surface area contributed by atoms with Crippen molar-refractivity contribution in [3.63, 3.8) is 0 Å². The van der Waals surface area contributed by atoms with Crippen LogP contribution < -0.4 is 4.72 Å². The number of hydrogen-bond donors (Lipinski definition) is 2. The van der Waals surface area contributed by atoms with E-state index < -0.39 is 49.3 Å². The molecular formula is C13H15F3N2O6S. The van der Waals surface area contributed by atoms with Crippen molar-refractivity contribution in [1.82, 2.24) is 4.72 Å². The van der Waals surface area contributed by atoms with Crippen LogP contribution in [0.2, 0.25) is 0 Å². The molecule has 0 aliphatic rings. The second-order valence-corrected chi connectivity index (χ2v) is 6.77. The van der Waals surface area contributed by atoms with Gasteiger partial charge in [0.2, 0.25) is 10.0 Å². The van der Waals surface area contributed by atoms with Crippen LogP contribution in [0.1, 0.15) is 31.7 Å². The molecule has 25 heavy (non-hydrogen) atoms. The van der Waals surface area contributed by atoms with E-state index in [1.807, 2.05) is 0 Å². The molecule has 0 radical (unpaired) electrons. The lowest BCUT2D eigenvalue weighted by Crippen LogP contribution is -2.41. The third-order valence-electron chi connectivity index (χ3n) is 3.21. The average Bonchev–Trinajstić information content (AvgIpc) is 2.49. The Morgan fingerprint density at radius 1 is 1.40 bits per heavy atom. The summed E-state index contributed by atoms with van der Waals surface area (Å²) in [6.45, 7) is 1.73. The van der Waals surface area contributed by atoms with Gasteiger partial charge in [-0.05, 0) is 12.5 Å². The first-order chi connectivity index (χ1) is 11.4. The van der Waals surface area contributed by atoms with Crippen molar-refractivity contribution in [2.45, 2.75) is 43.3 Å². The molecule has 1 aromatic rings. The number of rotatable bonds is 8. The van der Waals surface area contributed by atoms with Crippen LogP contribution in [0, 0.1) is 10.1 Å². The summed E-state index contributed by atoms with van der Waals surface area (Å²) in [4.78, 5) is 19.4. The van der Waals surface area contributed by atoms with Crippen LogP contribution in [0.3, 0.4) is 0 Å². The molecule has 1 aromatic carbocycles. The topological polar surface area (TPSA) is 127 Å². The standard InChI is InChI=1S/C13H15F3N2O6S/c1-2-3-4-10(12(19)20)17-25(23,24)11-6-5-8(18(21)22)7-9(11)13(14,15)16/h5-7,10,17H,2-4H2,1H3,(H,19,20)/t10-/m0/s1. The number of benzene rings is 1. The minimum atomic E-state index is -5.18. The molecule has 140 valence electrons. The number of nitrogens with one attached hydrogen (secondary N) is 1. The highest BCUT2D eigenvalue weighted by Crippen LogP contribution is 2.36. The number of carboxylic acids is 1. The average molecular weight is 384 g/mol. The molecular weight excluding hydrogens is 369 g/mol. The first-order valence-corrected chi connectivity index (χ1v) is 8.49. The summed E-state index contributed by atoms with van der Waals surface area (Å²) < 4.78 is 65.4. The van der Waals surface area contributed by atoms with Gasteiger partial charge < -0.3 is 5.11 Å². The molecule has 0 aliphatic carbocycles. The number of sulfonamides is 1. The lowest BCUT2D eigenvalue weighted by Gasteiger charge is -2.17. The minimum Gasteiger partial charge on any atom is -0.480 e. The van der Waals surface area contributed by atoms with Crippen LogP contribution in [-0.2, 0) is 21.0 Å². The molecule has 0 amide bonds. The van der Waals surface area contributed by atoms with Gasteiger partial charge in [0.15, 0.2) is 0 Å². The monoisotopic (exact) mass is 384 g/mol. The van der Waals surface area contributed by atoms with Crippen LogP contribution in [-0.4, -0.2) is 30.5 Å². The highest BCUT2D eigenvalue weighted by atomic mass is 32.2. The molecule has 1 rings (SSSR count). The molecule has 0 aliphatic heterocycles. The third kappa shape index (κ3) is 5.39. The third-order valence-corrected chi connectivity index (χ3v) is 4.74. The number of non-ortho nitro benzene ring substituents is 1. The van der Waals surface area contributed by atoms with Crippen LogP contribution in [0.25, 0.3) is 0 Å². The van der Waals surface area contributed by atoms with Gasteiger partial charge in [0.1, 0.15) is 6.04 Å². The molecule has 1 atom stereocenters. The fraction of sp³-hybridized carbons (Fsp3) is 0.462. The van der Waals surface area contributed by atoms with E-state index in [4.69, 9.17) is 5.11 Å². The Kier molecular flexibility index (Phi) is 6.48. The number of halogens is 3. The summed E-state index contributed by atoms with van der Waals surface area (Å²) in [6.07, 6.45) is -4.40. The zero-order chi connectivity index (χ0) is 19.4. The quantitative estimate of drug-likeness (QED) is 0.524. The van der Waals surface area contributed by atoms with E-state index in [0.29, 0.717) is 25.0 Å². The number of nitro groups is 1. The van der Waals surface area contributed by atoms with E-state index in [1.165, 1.54) is 0 Å². The smallest absolute Gasteiger partial charge is 0.417 e. The van der Waals surface area contributed by atoms with Gasteiger partial charge in [0.05, 0.1) is 15.4 Å². The van der Waals surface area contributed by atoms with E-state index in [9.17, 15) is 36.5 Å². The maximum atomic E-state index is 13.1.